The number of halogens is 3. The zero-order valence-electron chi connectivity index (χ0n) is 14.3. The molecule has 0 unspecified atom stereocenters. The van der Waals surface area contributed by atoms with Crippen molar-refractivity contribution >= 4 is 17.5 Å². The van der Waals surface area contributed by atoms with Gasteiger partial charge in [-0.3, -0.25) is 4.79 Å². The lowest BCUT2D eigenvalue weighted by atomic mass is 10.0. The molecule has 0 saturated carbocycles. The zero-order chi connectivity index (χ0) is 20.5. The van der Waals surface area contributed by atoms with Gasteiger partial charge in [0.25, 0.3) is 0 Å². The molecule has 9 heteroatoms. The number of rotatable bonds is 4. The Balaban J connectivity index is 1.68. The van der Waals surface area contributed by atoms with Gasteiger partial charge >= 0.3 is 6.18 Å². The molecule has 28 heavy (non-hydrogen) atoms. The van der Waals surface area contributed by atoms with Crippen molar-refractivity contribution in [3.8, 4) is 0 Å². The van der Waals surface area contributed by atoms with Gasteiger partial charge < -0.3 is 20.1 Å². The van der Waals surface area contributed by atoms with E-state index in [1.165, 1.54) is 12.1 Å². The third-order valence-electron chi connectivity index (χ3n) is 4.30. The highest BCUT2D eigenvalue weighted by Gasteiger charge is 2.38. The molecule has 1 aliphatic rings. The second kappa shape index (κ2) is 8.22. The van der Waals surface area contributed by atoms with Gasteiger partial charge in [-0.05, 0) is 36.4 Å². The average Bonchev–Trinajstić information content (AvgIpc) is 2.68. The quantitative estimate of drug-likeness (QED) is 0.667. The molecule has 1 fully saturated rings. The molecule has 1 saturated heterocycles. The fraction of sp³-hybridized carbons (Fsp3) is 0.316. The highest BCUT2D eigenvalue weighted by Crippen LogP contribution is 2.32. The minimum atomic E-state index is -4.46. The van der Waals surface area contributed by atoms with Crippen LogP contribution in [0.4, 0.5) is 13.2 Å². The summed E-state index contributed by atoms with van der Waals surface area (Å²) in [6.07, 6.45) is -8.21. The lowest BCUT2D eigenvalue weighted by molar-refractivity contribution is -0.161. The number of hydrogen-bond donors (Lipinski definition) is 3. The van der Waals surface area contributed by atoms with Crippen LogP contribution in [-0.4, -0.2) is 51.5 Å². The smallest absolute Gasteiger partial charge is 0.388 e. The number of thioether (sulfide) groups is 1. The predicted molar refractivity (Wildman–Crippen MR) is 94.9 cm³/mol. The maximum atomic E-state index is 12.6. The molecule has 0 aliphatic carbocycles. The van der Waals surface area contributed by atoms with Crippen LogP contribution in [0.5, 0.6) is 0 Å². The van der Waals surface area contributed by atoms with Crippen molar-refractivity contribution in [2.75, 3.05) is 6.61 Å². The number of aliphatic hydroxyl groups is 3. The normalized spacial score (nSPS) is 25.5. The minimum absolute atomic E-state index is 0.111. The van der Waals surface area contributed by atoms with Crippen LogP contribution in [0.2, 0.25) is 0 Å². The van der Waals surface area contributed by atoms with Crippen LogP contribution in [0, 0.1) is 0 Å². The summed E-state index contributed by atoms with van der Waals surface area (Å²) in [7, 11) is 0. The first-order valence-electron chi connectivity index (χ1n) is 8.31. The van der Waals surface area contributed by atoms with Gasteiger partial charge in [0.15, 0.2) is 5.78 Å². The summed E-state index contributed by atoms with van der Waals surface area (Å²) in [5.41, 5.74) is -1.18. The van der Waals surface area contributed by atoms with E-state index in [0.717, 1.165) is 36.0 Å². The molecule has 150 valence electrons. The van der Waals surface area contributed by atoms with Crippen molar-refractivity contribution in [3.05, 3.63) is 65.2 Å². The number of aliphatic hydroxyl groups excluding tert-OH is 3. The summed E-state index contributed by atoms with van der Waals surface area (Å²) in [5.74, 6) is -0.419. The molecule has 4 atom stereocenters. The number of alkyl halides is 3. The van der Waals surface area contributed by atoms with Crippen LogP contribution in [0.15, 0.2) is 53.4 Å². The fourth-order valence-electron chi connectivity index (χ4n) is 2.68. The number of hydrogen-bond acceptors (Lipinski definition) is 6. The molecule has 3 rings (SSSR count). The van der Waals surface area contributed by atoms with E-state index in [1.54, 1.807) is 12.1 Å². The Morgan fingerprint density at radius 3 is 2.00 bits per heavy atom. The summed E-state index contributed by atoms with van der Waals surface area (Å²) in [6.45, 7) is -0.111. The lowest BCUT2D eigenvalue weighted by Crippen LogP contribution is -2.51. The molecular formula is C19H17F3O5S. The number of carbonyl (C=O) groups is 1. The van der Waals surface area contributed by atoms with Crippen molar-refractivity contribution in [2.45, 2.75) is 34.8 Å². The molecule has 0 amide bonds. The van der Waals surface area contributed by atoms with Gasteiger partial charge in [0.1, 0.15) is 23.7 Å². The van der Waals surface area contributed by atoms with Gasteiger partial charge in [0, 0.05) is 16.0 Å². The first-order valence-corrected chi connectivity index (χ1v) is 9.19. The van der Waals surface area contributed by atoms with Crippen LogP contribution in [0.25, 0.3) is 0 Å². The molecule has 5 nitrogen and oxygen atoms in total. The summed E-state index contributed by atoms with van der Waals surface area (Å²) < 4.78 is 43.1. The third kappa shape index (κ3) is 4.56. The van der Waals surface area contributed by atoms with Crippen LogP contribution >= 0.6 is 11.8 Å². The summed E-state index contributed by atoms with van der Waals surface area (Å²) in [5, 5.41) is 29.1. The molecule has 1 aliphatic heterocycles. The first kappa shape index (κ1) is 20.8. The van der Waals surface area contributed by atoms with E-state index in [2.05, 4.69) is 0 Å². The number of benzene rings is 2. The number of ketones is 1. The van der Waals surface area contributed by atoms with Crippen LogP contribution < -0.4 is 0 Å². The van der Waals surface area contributed by atoms with Crippen molar-refractivity contribution in [1.29, 1.82) is 0 Å². The largest absolute Gasteiger partial charge is 0.416 e. The van der Waals surface area contributed by atoms with Crippen LogP contribution in [0.1, 0.15) is 21.5 Å². The lowest BCUT2D eigenvalue weighted by Gasteiger charge is -2.34. The third-order valence-corrected chi connectivity index (χ3v) is 5.49. The highest BCUT2D eigenvalue weighted by molar-refractivity contribution is 7.99. The highest BCUT2D eigenvalue weighted by atomic mass is 32.2. The fourth-order valence-corrected chi connectivity index (χ4v) is 3.69. The van der Waals surface area contributed by atoms with Crippen molar-refractivity contribution in [2.24, 2.45) is 0 Å². The van der Waals surface area contributed by atoms with Crippen molar-refractivity contribution < 1.29 is 38.0 Å². The second-order valence-electron chi connectivity index (χ2n) is 6.30. The van der Waals surface area contributed by atoms with Gasteiger partial charge in [0.2, 0.25) is 0 Å². The Morgan fingerprint density at radius 1 is 0.929 bits per heavy atom. The van der Waals surface area contributed by atoms with E-state index < -0.39 is 41.3 Å². The van der Waals surface area contributed by atoms with E-state index in [0.29, 0.717) is 10.5 Å². The van der Waals surface area contributed by atoms with E-state index in [4.69, 9.17) is 4.74 Å². The van der Waals surface area contributed by atoms with Crippen LogP contribution in [-0.2, 0) is 10.9 Å². The molecule has 0 spiro atoms. The maximum Gasteiger partial charge on any atom is 0.416 e. The van der Waals surface area contributed by atoms with E-state index in [1.807, 2.05) is 0 Å². The Bertz CT molecular complexity index is 823. The molecule has 0 aromatic heterocycles. The Hall–Kier alpha value is -1.91. The van der Waals surface area contributed by atoms with Crippen molar-refractivity contribution in [1.82, 2.24) is 0 Å². The Labute approximate surface area is 162 Å². The van der Waals surface area contributed by atoms with Crippen LogP contribution in [0.3, 0.4) is 0 Å². The molecule has 0 bridgehead atoms. The van der Waals surface area contributed by atoms with Gasteiger partial charge in [-0.25, -0.2) is 0 Å². The van der Waals surface area contributed by atoms with Gasteiger partial charge in [-0.1, -0.05) is 23.9 Å². The second-order valence-corrected chi connectivity index (χ2v) is 7.47. The monoisotopic (exact) mass is 414 g/mol. The molecular weight excluding hydrogens is 397 g/mol. The average molecular weight is 414 g/mol. The van der Waals surface area contributed by atoms with Gasteiger partial charge in [-0.15, -0.1) is 0 Å². The summed E-state index contributed by atoms with van der Waals surface area (Å²) in [6, 6.07) is 10.2. The number of carbonyl (C=O) groups excluding carboxylic acids is 1. The summed E-state index contributed by atoms with van der Waals surface area (Å²) >= 11 is 1.12. The minimum Gasteiger partial charge on any atom is -0.388 e. The summed E-state index contributed by atoms with van der Waals surface area (Å²) in [4.78, 5) is 13.1. The molecule has 0 radical (unpaired) electrons. The Morgan fingerprint density at radius 2 is 1.46 bits per heavy atom. The molecule has 3 N–H and O–H groups in total. The standard InChI is InChI=1S/C19H17F3O5S/c20-19(21,22)12-5-1-10(2-6-12)15(24)11-3-7-13(8-4-11)28-18-17(26)16(25)14(23)9-27-18/h1-8,14,16-18,23,25-26H,9H2/t14-,16+,17-,18-/m1/s1. The van der Waals surface area contributed by atoms with Gasteiger partial charge in [0.05, 0.1) is 12.2 Å². The molecule has 2 aromatic carbocycles. The van der Waals surface area contributed by atoms with E-state index >= 15 is 0 Å². The van der Waals surface area contributed by atoms with Gasteiger partial charge in [-0.2, -0.15) is 13.2 Å². The van der Waals surface area contributed by atoms with E-state index in [-0.39, 0.29) is 12.2 Å². The van der Waals surface area contributed by atoms with E-state index in [9.17, 15) is 33.3 Å². The van der Waals surface area contributed by atoms with Crippen molar-refractivity contribution in [3.63, 3.8) is 0 Å². The number of ether oxygens (including phenoxy) is 1. The molecule has 2 aromatic rings. The SMILES string of the molecule is O=C(c1ccc(S[C@H]2OC[C@@H](O)[C@H](O)[C@H]2O)cc1)c1ccc(C(F)(F)F)cc1. The predicted octanol–water partition coefficient (Wildman–Crippen LogP) is 2.47. The maximum absolute atomic E-state index is 12.6. The zero-order valence-corrected chi connectivity index (χ0v) is 15.2. The topological polar surface area (TPSA) is 87.0 Å². The Kier molecular flexibility index (Phi) is 6.11. The molecule has 1 heterocycles. The first-order chi connectivity index (χ1) is 13.2.